The molecule has 1 aromatic heterocycles. The Bertz CT molecular complexity index is 1230. The number of fused-ring (bicyclic) bond motifs is 1. The molecule has 5 rings (SSSR count). The predicted molar refractivity (Wildman–Crippen MR) is 132 cm³/mol. The average Bonchev–Trinajstić information content (AvgIpc) is 3.26. The summed E-state index contributed by atoms with van der Waals surface area (Å²) in [5.74, 6) is -0.341. The summed E-state index contributed by atoms with van der Waals surface area (Å²) in [6.07, 6.45) is 1.31. The second-order valence-electron chi connectivity index (χ2n) is 9.56. The molecule has 12 heteroatoms. The van der Waals surface area contributed by atoms with Gasteiger partial charge >= 0.3 is 6.36 Å². The van der Waals surface area contributed by atoms with Crippen molar-refractivity contribution in [3.05, 3.63) is 52.6 Å². The van der Waals surface area contributed by atoms with Crippen LogP contribution in [0.15, 0.2) is 46.9 Å². The van der Waals surface area contributed by atoms with Crippen LogP contribution in [0.5, 0.6) is 5.75 Å². The van der Waals surface area contributed by atoms with Gasteiger partial charge in [0, 0.05) is 55.1 Å². The molecule has 0 radical (unpaired) electrons. The van der Waals surface area contributed by atoms with E-state index in [2.05, 4.69) is 25.3 Å². The predicted octanol–water partition coefficient (Wildman–Crippen LogP) is 5.62. The van der Waals surface area contributed by atoms with E-state index in [0.29, 0.717) is 5.58 Å². The van der Waals surface area contributed by atoms with Gasteiger partial charge in [0.25, 0.3) is 11.7 Å². The Balaban J connectivity index is 1.23. The third kappa shape index (κ3) is 6.24. The Hall–Kier alpha value is -3.54. The fourth-order valence-electron chi connectivity index (χ4n) is 5.26. The van der Waals surface area contributed by atoms with E-state index >= 15 is 0 Å². The quantitative estimate of drug-likeness (QED) is 0.306. The molecule has 37 heavy (non-hydrogen) atoms. The maximum absolute atomic E-state index is 12.5. The monoisotopic (exact) mass is 519 g/mol. The lowest BCUT2D eigenvalue weighted by Crippen LogP contribution is -2.54. The number of hydrogen-bond donors (Lipinski definition) is 2. The fraction of sp³-hybridized carbons (Fsp3) is 0.480. The molecule has 2 N–H and O–H groups in total. The zero-order valence-corrected chi connectivity index (χ0v) is 20.0. The van der Waals surface area contributed by atoms with Crippen LogP contribution >= 0.6 is 0 Å². The van der Waals surface area contributed by atoms with Crippen molar-refractivity contribution in [1.29, 1.82) is 0 Å². The molecule has 2 heterocycles. The topological polar surface area (TPSA) is 106 Å². The number of anilines is 2. The van der Waals surface area contributed by atoms with Crippen LogP contribution in [0.2, 0.25) is 0 Å². The van der Waals surface area contributed by atoms with Crippen LogP contribution in [0.1, 0.15) is 38.5 Å². The molecule has 0 spiro atoms. The minimum absolute atomic E-state index is 0.0578. The second-order valence-corrected chi connectivity index (χ2v) is 9.56. The first-order valence-electron chi connectivity index (χ1n) is 12.4. The molecule has 1 saturated heterocycles. The number of non-ortho nitro benzene ring substituents is 1. The number of hydrogen-bond acceptors (Lipinski definition) is 8. The van der Waals surface area contributed by atoms with E-state index in [9.17, 15) is 23.3 Å². The smallest absolute Gasteiger partial charge is 0.424 e. The Morgan fingerprint density at radius 3 is 2.54 bits per heavy atom. The Morgan fingerprint density at radius 2 is 1.81 bits per heavy atom. The maximum atomic E-state index is 12.5. The molecular formula is C25H28F3N5O4. The lowest BCUT2D eigenvalue weighted by Gasteiger charge is -2.40. The molecule has 0 amide bonds. The first kappa shape index (κ1) is 25.1. The minimum Gasteiger partial charge on any atom is -0.424 e. The van der Waals surface area contributed by atoms with Gasteiger partial charge in [-0.05, 0) is 49.9 Å². The summed E-state index contributed by atoms with van der Waals surface area (Å²) in [4.78, 5) is 17.1. The number of nitro benzene ring substituents is 1. The third-order valence-electron chi connectivity index (χ3n) is 6.96. The van der Waals surface area contributed by atoms with Crippen molar-refractivity contribution >= 4 is 28.5 Å². The number of halogens is 3. The van der Waals surface area contributed by atoms with Gasteiger partial charge in [-0.25, -0.2) is 0 Å². The molecule has 2 aliphatic rings. The van der Waals surface area contributed by atoms with Crippen molar-refractivity contribution in [2.45, 2.75) is 63.0 Å². The van der Waals surface area contributed by atoms with Gasteiger partial charge in [0.1, 0.15) is 11.3 Å². The van der Waals surface area contributed by atoms with E-state index < -0.39 is 11.3 Å². The van der Waals surface area contributed by atoms with Crippen molar-refractivity contribution in [3.8, 4) is 5.75 Å². The van der Waals surface area contributed by atoms with Gasteiger partial charge < -0.3 is 24.7 Å². The van der Waals surface area contributed by atoms with Gasteiger partial charge in [0.2, 0.25) is 0 Å². The molecular weight excluding hydrogens is 491 g/mol. The van der Waals surface area contributed by atoms with E-state index in [1.807, 2.05) is 0 Å². The number of alkyl halides is 3. The van der Waals surface area contributed by atoms with Gasteiger partial charge in [0.15, 0.2) is 5.58 Å². The van der Waals surface area contributed by atoms with Crippen molar-refractivity contribution in [2.75, 3.05) is 23.3 Å². The summed E-state index contributed by atoms with van der Waals surface area (Å²) in [5.41, 5.74) is 1.71. The van der Waals surface area contributed by atoms with Crippen LogP contribution in [0.3, 0.4) is 0 Å². The van der Waals surface area contributed by atoms with Gasteiger partial charge in [0.05, 0.1) is 4.92 Å². The molecule has 2 unspecified atom stereocenters. The highest BCUT2D eigenvalue weighted by molar-refractivity contribution is 5.76. The first-order chi connectivity index (χ1) is 17.7. The van der Waals surface area contributed by atoms with E-state index in [4.69, 9.17) is 4.42 Å². The summed E-state index contributed by atoms with van der Waals surface area (Å²) < 4.78 is 47.4. The highest BCUT2D eigenvalue weighted by atomic mass is 19.4. The average molecular weight is 520 g/mol. The number of rotatable bonds is 7. The lowest BCUT2D eigenvalue weighted by atomic mass is 9.89. The SMILES string of the molecule is O=[N+]([O-])c1ccc(N2CCC[C@H](NC3CCCCC3Nc3nc4cc(OC(F)(F)F)ccc4o3)C2)cc1. The summed E-state index contributed by atoms with van der Waals surface area (Å²) in [5, 5.41) is 18.1. The number of nitrogens with one attached hydrogen (secondary N) is 2. The molecule has 1 saturated carbocycles. The van der Waals surface area contributed by atoms with Gasteiger partial charge in [-0.3, -0.25) is 10.1 Å². The highest BCUT2D eigenvalue weighted by Crippen LogP contribution is 2.30. The lowest BCUT2D eigenvalue weighted by molar-refractivity contribution is -0.384. The van der Waals surface area contributed by atoms with Gasteiger partial charge in [-0.2, -0.15) is 4.98 Å². The Labute approximate surface area is 211 Å². The molecule has 3 aromatic rings. The standard InChI is InChI=1S/C25H28F3N5O4/c26-25(27,28)37-19-11-12-23-22(14-19)31-24(36-23)30-21-6-2-1-5-20(21)29-16-4-3-13-32(15-16)17-7-9-18(10-8-17)33(34)35/h7-12,14,16,20-21,29H,1-6,13,15H2,(H,30,31)/t16-,20?,21?/m0/s1. The molecule has 3 atom stereocenters. The number of oxazole rings is 1. The van der Waals surface area contributed by atoms with E-state index in [1.165, 1.54) is 30.3 Å². The number of piperidine rings is 1. The van der Waals surface area contributed by atoms with Gasteiger partial charge in [-0.1, -0.05) is 12.8 Å². The Kier molecular flexibility index (Phi) is 7.09. The van der Waals surface area contributed by atoms with Crippen LogP contribution in [-0.2, 0) is 0 Å². The van der Waals surface area contributed by atoms with Gasteiger partial charge in [-0.15, -0.1) is 13.2 Å². The molecule has 2 fully saturated rings. The summed E-state index contributed by atoms with van der Waals surface area (Å²) in [6, 6.07) is 11.2. The summed E-state index contributed by atoms with van der Waals surface area (Å²) >= 11 is 0. The highest BCUT2D eigenvalue weighted by Gasteiger charge is 2.32. The second kappa shape index (κ2) is 10.4. The molecule has 9 nitrogen and oxygen atoms in total. The third-order valence-corrected chi connectivity index (χ3v) is 6.96. The zero-order valence-electron chi connectivity index (χ0n) is 20.0. The number of nitro groups is 1. The van der Waals surface area contributed by atoms with Crippen LogP contribution in [0.4, 0.5) is 30.6 Å². The number of benzene rings is 2. The zero-order chi connectivity index (χ0) is 26.0. The van der Waals surface area contributed by atoms with Crippen LogP contribution in [0, 0.1) is 10.1 Å². The normalized spacial score (nSPS) is 22.7. The first-order valence-corrected chi connectivity index (χ1v) is 12.4. The summed E-state index contributed by atoms with van der Waals surface area (Å²) in [7, 11) is 0. The largest absolute Gasteiger partial charge is 0.573 e. The van der Waals surface area contributed by atoms with Crippen LogP contribution < -0.4 is 20.3 Å². The summed E-state index contributed by atoms with van der Waals surface area (Å²) in [6.45, 7) is 1.69. The van der Waals surface area contributed by atoms with Crippen LogP contribution in [0.25, 0.3) is 11.1 Å². The van der Waals surface area contributed by atoms with E-state index in [1.54, 1.807) is 12.1 Å². The molecule has 1 aliphatic carbocycles. The molecule has 1 aliphatic heterocycles. The number of aromatic nitrogens is 1. The van der Waals surface area contributed by atoms with Crippen molar-refractivity contribution in [2.24, 2.45) is 0 Å². The molecule has 0 bridgehead atoms. The number of ether oxygens (including phenoxy) is 1. The van der Waals surface area contributed by atoms with Crippen molar-refractivity contribution in [3.63, 3.8) is 0 Å². The molecule has 198 valence electrons. The maximum Gasteiger partial charge on any atom is 0.573 e. The molecule has 2 aromatic carbocycles. The Morgan fingerprint density at radius 1 is 1.05 bits per heavy atom. The van der Waals surface area contributed by atoms with Crippen molar-refractivity contribution < 1.29 is 27.2 Å². The fourth-order valence-corrected chi connectivity index (χ4v) is 5.26. The minimum atomic E-state index is -4.77. The van der Waals surface area contributed by atoms with Crippen LogP contribution in [-0.4, -0.2) is 47.5 Å². The van der Waals surface area contributed by atoms with Crippen molar-refractivity contribution in [1.82, 2.24) is 10.3 Å². The van der Waals surface area contributed by atoms with E-state index in [0.717, 1.165) is 57.3 Å². The number of nitrogens with zero attached hydrogens (tertiary/aromatic N) is 3. The van der Waals surface area contributed by atoms with E-state index in [-0.39, 0.29) is 41.1 Å².